The summed E-state index contributed by atoms with van der Waals surface area (Å²) < 4.78 is 0.800. The molecule has 0 radical (unpaired) electrons. The van der Waals surface area contributed by atoms with E-state index in [0.29, 0.717) is 6.54 Å². The molecule has 0 aromatic heterocycles. The first-order valence-corrected chi connectivity index (χ1v) is 6.68. The van der Waals surface area contributed by atoms with Gasteiger partial charge in [-0.2, -0.15) is 0 Å². The second-order valence-corrected chi connectivity index (χ2v) is 5.13. The lowest BCUT2D eigenvalue weighted by atomic mass is 10.1. The summed E-state index contributed by atoms with van der Waals surface area (Å²) in [5, 5.41) is 12.2. The van der Waals surface area contributed by atoms with Gasteiger partial charge in [0.1, 0.15) is 0 Å². The minimum absolute atomic E-state index is 0.284. The van der Waals surface area contributed by atoms with Crippen LogP contribution in [0.1, 0.15) is 21.5 Å². The normalized spacial score (nSPS) is 10.2. The smallest absolute Gasteiger partial charge is 0.335 e. The number of aromatic carboxylic acids is 1. The molecule has 0 aliphatic carbocycles. The highest BCUT2D eigenvalue weighted by atomic mass is 79.9. The molecule has 2 aromatic rings. The van der Waals surface area contributed by atoms with Gasteiger partial charge in [0, 0.05) is 16.7 Å². The van der Waals surface area contributed by atoms with Crippen molar-refractivity contribution in [2.75, 3.05) is 5.32 Å². The summed E-state index contributed by atoms with van der Waals surface area (Å²) in [6.07, 6.45) is 0. The lowest BCUT2D eigenvalue weighted by molar-refractivity contribution is 0.0697. The van der Waals surface area contributed by atoms with Crippen molar-refractivity contribution in [3.05, 3.63) is 63.6 Å². The first kappa shape index (κ1) is 13.6. The molecule has 0 aliphatic rings. The molecule has 0 saturated heterocycles. The van der Waals surface area contributed by atoms with E-state index in [1.165, 1.54) is 5.56 Å². The van der Waals surface area contributed by atoms with E-state index in [1.807, 2.05) is 37.3 Å². The molecular formula is C15H14BrNO2. The maximum Gasteiger partial charge on any atom is 0.335 e. The molecule has 3 nitrogen and oxygen atoms in total. The highest BCUT2D eigenvalue weighted by Crippen LogP contribution is 2.21. The summed E-state index contributed by atoms with van der Waals surface area (Å²) in [4.78, 5) is 10.9. The summed E-state index contributed by atoms with van der Waals surface area (Å²) in [5.41, 5.74) is 3.57. The van der Waals surface area contributed by atoms with Gasteiger partial charge >= 0.3 is 5.97 Å². The number of aryl methyl sites for hydroxylation is 1. The van der Waals surface area contributed by atoms with Gasteiger partial charge in [0.05, 0.1) is 5.56 Å². The van der Waals surface area contributed by atoms with Gasteiger partial charge in [0.2, 0.25) is 0 Å². The highest BCUT2D eigenvalue weighted by Gasteiger charge is 2.06. The van der Waals surface area contributed by atoms with E-state index in [-0.39, 0.29) is 5.56 Å². The highest BCUT2D eigenvalue weighted by molar-refractivity contribution is 9.10. The van der Waals surface area contributed by atoms with Crippen LogP contribution < -0.4 is 5.32 Å². The van der Waals surface area contributed by atoms with E-state index in [4.69, 9.17) is 5.11 Å². The number of carboxylic acid groups (broad SMARTS) is 1. The standard InChI is InChI=1S/C15H14BrNO2/c1-10-4-2-3-5-14(10)17-9-12-7-6-11(15(18)19)8-13(12)16/h2-8,17H,9H2,1H3,(H,18,19). The van der Waals surface area contributed by atoms with Crippen molar-refractivity contribution in [1.29, 1.82) is 0 Å². The second kappa shape index (κ2) is 5.89. The quantitative estimate of drug-likeness (QED) is 0.893. The van der Waals surface area contributed by atoms with Crippen LogP contribution in [0.25, 0.3) is 0 Å². The number of halogens is 1. The van der Waals surface area contributed by atoms with E-state index >= 15 is 0 Å². The molecule has 19 heavy (non-hydrogen) atoms. The molecule has 0 fully saturated rings. The second-order valence-electron chi connectivity index (χ2n) is 4.28. The lowest BCUT2D eigenvalue weighted by Crippen LogP contribution is -2.03. The van der Waals surface area contributed by atoms with E-state index < -0.39 is 5.97 Å². The van der Waals surface area contributed by atoms with Crippen molar-refractivity contribution in [3.63, 3.8) is 0 Å². The summed E-state index contributed by atoms with van der Waals surface area (Å²) in [7, 11) is 0. The molecule has 0 unspecified atom stereocenters. The average Bonchev–Trinajstić information content (AvgIpc) is 2.39. The molecule has 0 bridgehead atoms. The molecule has 98 valence electrons. The van der Waals surface area contributed by atoms with Gasteiger partial charge in [0.15, 0.2) is 0 Å². The number of benzene rings is 2. The molecular weight excluding hydrogens is 306 g/mol. The molecule has 2 aromatic carbocycles. The number of para-hydroxylation sites is 1. The summed E-state index contributed by atoms with van der Waals surface area (Å²) >= 11 is 3.40. The zero-order valence-corrected chi connectivity index (χ0v) is 12.1. The number of nitrogens with one attached hydrogen (secondary N) is 1. The Kier molecular flexibility index (Phi) is 4.22. The molecule has 0 heterocycles. The van der Waals surface area contributed by atoms with Crippen molar-refractivity contribution in [3.8, 4) is 0 Å². The van der Waals surface area contributed by atoms with Crippen LogP contribution in [-0.4, -0.2) is 11.1 Å². The number of carboxylic acids is 1. The fourth-order valence-electron chi connectivity index (χ4n) is 1.79. The molecule has 0 atom stereocenters. The van der Waals surface area contributed by atoms with Crippen molar-refractivity contribution in [1.82, 2.24) is 0 Å². The Balaban J connectivity index is 2.12. The number of hydrogen-bond acceptors (Lipinski definition) is 2. The molecule has 0 spiro atoms. The molecule has 0 saturated carbocycles. The van der Waals surface area contributed by atoms with Gasteiger partial charge in [-0.05, 0) is 36.2 Å². The van der Waals surface area contributed by atoms with Gasteiger partial charge in [-0.3, -0.25) is 0 Å². The minimum atomic E-state index is -0.917. The zero-order chi connectivity index (χ0) is 13.8. The van der Waals surface area contributed by atoms with Gasteiger partial charge in [-0.1, -0.05) is 40.2 Å². The van der Waals surface area contributed by atoms with Crippen molar-refractivity contribution < 1.29 is 9.90 Å². The van der Waals surface area contributed by atoms with Crippen LogP contribution >= 0.6 is 15.9 Å². The van der Waals surface area contributed by atoms with Crippen molar-refractivity contribution >= 4 is 27.6 Å². The van der Waals surface area contributed by atoms with Crippen LogP contribution in [0.5, 0.6) is 0 Å². The molecule has 2 N–H and O–H groups in total. The summed E-state index contributed by atoms with van der Waals surface area (Å²) in [6.45, 7) is 2.69. The van der Waals surface area contributed by atoms with Gasteiger partial charge in [-0.15, -0.1) is 0 Å². The summed E-state index contributed by atoms with van der Waals surface area (Å²) in [5.74, 6) is -0.917. The molecule has 0 amide bonds. The molecule has 0 aliphatic heterocycles. The Bertz CT molecular complexity index is 611. The van der Waals surface area contributed by atoms with Crippen LogP contribution in [-0.2, 0) is 6.54 Å². The lowest BCUT2D eigenvalue weighted by Gasteiger charge is -2.11. The predicted molar refractivity (Wildman–Crippen MR) is 79.6 cm³/mol. The SMILES string of the molecule is Cc1ccccc1NCc1ccc(C(=O)O)cc1Br. The Hall–Kier alpha value is -1.81. The Morgan fingerprint density at radius 1 is 1.26 bits per heavy atom. The van der Waals surface area contributed by atoms with Crippen LogP contribution in [0.3, 0.4) is 0 Å². The predicted octanol–water partition coefficient (Wildman–Crippen LogP) is 4.07. The topological polar surface area (TPSA) is 49.3 Å². The Morgan fingerprint density at radius 3 is 2.63 bits per heavy atom. The van der Waals surface area contributed by atoms with E-state index in [1.54, 1.807) is 12.1 Å². The van der Waals surface area contributed by atoms with Gasteiger partial charge < -0.3 is 10.4 Å². The Morgan fingerprint density at radius 2 is 2.00 bits per heavy atom. The minimum Gasteiger partial charge on any atom is -0.478 e. The number of carbonyl (C=O) groups is 1. The van der Waals surface area contributed by atoms with Gasteiger partial charge in [0.25, 0.3) is 0 Å². The number of anilines is 1. The maximum absolute atomic E-state index is 10.9. The van der Waals surface area contributed by atoms with Crippen LogP contribution in [0.15, 0.2) is 46.9 Å². The average molecular weight is 320 g/mol. The number of rotatable bonds is 4. The first-order chi connectivity index (χ1) is 9.08. The fourth-order valence-corrected chi connectivity index (χ4v) is 2.30. The van der Waals surface area contributed by atoms with Crippen molar-refractivity contribution in [2.24, 2.45) is 0 Å². The third-order valence-electron chi connectivity index (χ3n) is 2.91. The van der Waals surface area contributed by atoms with E-state index in [0.717, 1.165) is 15.7 Å². The molecule has 4 heteroatoms. The van der Waals surface area contributed by atoms with E-state index in [2.05, 4.69) is 21.2 Å². The fraction of sp³-hybridized carbons (Fsp3) is 0.133. The largest absolute Gasteiger partial charge is 0.478 e. The van der Waals surface area contributed by atoms with E-state index in [9.17, 15) is 4.79 Å². The Labute approximate surface area is 120 Å². The van der Waals surface area contributed by atoms with Crippen LogP contribution in [0.4, 0.5) is 5.69 Å². The summed E-state index contributed by atoms with van der Waals surface area (Å²) in [6, 6.07) is 13.1. The number of hydrogen-bond donors (Lipinski definition) is 2. The molecule has 2 rings (SSSR count). The maximum atomic E-state index is 10.9. The monoisotopic (exact) mass is 319 g/mol. The van der Waals surface area contributed by atoms with Gasteiger partial charge in [-0.25, -0.2) is 4.79 Å². The van der Waals surface area contributed by atoms with Crippen LogP contribution in [0.2, 0.25) is 0 Å². The third kappa shape index (κ3) is 3.35. The third-order valence-corrected chi connectivity index (χ3v) is 3.65. The zero-order valence-electron chi connectivity index (χ0n) is 10.5. The van der Waals surface area contributed by atoms with Crippen LogP contribution in [0, 0.1) is 6.92 Å². The van der Waals surface area contributed by atoms with Crippen molar-refractivity contribution in [2.45, 2.75) is 13.5 Å². The first-order valence-electron chi connectivity index (χ1n) is 5.89.